The summed E-state index contributed by atoms with van der Waals surface area (Å²) >= 11 is 0. The van der Waals surface area contributed by atoms with Gasteiger partial charge in [-0.25, -0.2) is 0 Å². The molecular formula is C19H24NO4P. The maximum atomic E-state index is 13.3. The lowest BCUT2D eigenvalue weighted by Gasteiger charge is -2.31. The highest BCUT2D eigenvalue weighted by atomic mass is 31.2. The van der Waals surface area contributed by atoms with Crippen LogP contribution < -0.4 is 10.1 Å². The van der Waals surface area contributed by atoms with Crippen LogP contribution in [0.1, 0.15) is 30.3 Å². The first-order valence-electron chi connectivity index (χ1n) is 8.55. The molecule has 1 atom stereocenters. The van der Waals surface area contributed by atoms with E-state index in [2.05, 4.69) is 5.32 Å². The molecule has 1 aliphatic rings. The molecule has 1 N–H and O–H groups in total. The summed E-state index contributed by atoms with van der Waals surface area (Å²) in [5.41, 5.74) is 2.85. The normalized spacial score (nSPS) is 17.7. The van der Waals surface area contributed by atoms with Crippen molar-refractivity contribution in [2.45, 2.75) is 26.1 Å². The van der Waals surface area contributed by atoms with Crippen LogP contribution in [-0.2, 0) is 13.6 Å². The molecule has 2 aromatic carbocycles. The summed E-state index contributed by atoms with van der Waals surface area (Å²) in [4.78, 5) is 0. The van der Waals surface area contributed by atoms with Gasteiger partial charge in [0.15, 0.2) is 5.78 Å². The van der Waals surface area contributed by atoms with Crippen LogP contribution in [0, 0.1) is 6.92 Å². The van der Waals surface area contributed by atoms with E-state index in [1.807, 2.05) is 62.4 Å². The molecule has 134 valence electrons. The predicted octanol–water partition coefficient (Wildman–Crippen LogP) is 5.13. The molecule has 2 aromatic rings. The third kappa shape index (κ3) is 4.43. The van der Waals surface area contributed by atoms with Gasteiger partial charge in [-0.1, -0.05) is 24.3 Å². The molecule has 0 radical (unpaired) electrons. The van der Waals surface area contributed by atoms with Crippen LogP contribution in [0.2, 0.25) is 0 Å². The second-order valence-electron chi connectivity index (χ2n) is 5.98. The van der Waals surface area contributed by atoms with Crippen molar-refractivity contribution in [2.24, 2.45) is 0 Å². The first kappa shape index (κ1) is 18.0. The molecule has 1 heterocycles. The van der Waals surface area contributed by atoms with Gasteiger partial charge in [-0.05, 0) is 55.7 Å². The highest BCUT2D eigenvalue weighted by Crippen LogP contribution is 2.62. The highest BCUT2D eigenvalue weighted by Gasteiger charge is 2.39. The first-order chi connectivity index (χ1) is 12.1. The average Bonchev–Trinajstić information content (AvgIpc) is 2.61. The molecule has 3 rings (SSSR count). The van der Waals surface area contributed by atoms with Crippen LogP contribution in [0.5, 0.6) is 5.75 Å². The van der Waals surface area contributed by atoms with Gasteiger partial charge >= 0.3 is 7.60 Å². The van der Waals surface area contributed by atoms with Crippen molar-refractivity contribution < 1.29 is 18.3 Å². The topological polar surface area (TPSA) is 56.8 Å². The van der Waals surface area contributed by atoms with E-state index >= 15 is 0 Å². The number of nitrogens with one attached hydrogen (secondary N) is 1. The molecule has 1 fully saturated rings. The number of hydrogen-bond donors (Lipinski definition) is 1. The van der Waals surface area contributed by atoms with Crippen molar-refractivity contribution in [2.75, 3.05) is 25.1 Å². The van der Waals surface area contributed by atoms with Gasteiger partial charge in [-0.3, -0.25) is 4.57 Å². The predicted molar refractivity (Wildman–Crippen MR) is 99.3 cm³/mol. The van der Waals surface area contributed by atoms with Crippen LogP contribution in [-0.4, -0.2) is 19.8 Å². The Morgan fingerprint density at radius 3 is 2.52 bits per heavy atom. The van der Waals surface area contributed by atoms with Gasteiger partial charge in [0, 0.05) is 5.69 Å². The van der Waals surface area contributed by atoms with E-state index < -0.39 is 13.4 Å². The smallest absolute Gasteiger partial charge is 0.357 e. The first-order valence-corrected chi connectivity index (χ1v) is 10.2. The van der Waals surface area contributed by atoms with Crippen molar-refractivity contribution in [3.63, 3.8) is 0 Å². The minimum absolute atomic E-state index is 0.445. The maximum absolute atomic E-state index is 13.3. The number of hydrogen-bond acceptors (Lipinski definition) is 5. The molecule has 0 spiro atoms. The van der Waals surface area contributed by atoms with E-state index in [4.69, 9.17) is 13.8 Å². The summed E-state index contributed by atoms with van der Waals surface area (Å²) in [5, 5.41) is 3.34. The molecule has 0 aromatic heterocycles. The summed E-state index contributed by atoms with van der Waals surface area (Å²) in [5.74, 6) is 0.217. The largest absolute Gasteiger partial charge is 0.494 e. The van der Waals surface area contributed by atoms with E-state index in [9.17, 15) is 4.57 Å². The van der Waals surface area contributed by atoms with E-state index in [0.717, 1.165) is 29.0 Å². The minimum atomic E-state index is -3.31. The lowest BCUT2D eigenvalue weighted by atomic mass is 10.2. The molecule has 6 heteroatoms. The zero-order valence-electron chi connectivity index (χ0n) is 14.6. The maximum Gasteiger partial charge on any atom is 0.357 e. The van der Waals surface area contributed by atoms with Gasteiger partial charge in [0.05, 0.1) is 19.8 Å². The number of ether oxygens (including phenoxy) is 1. The van der Waals surface area contributed by atoms with E-state index in [-0.39, 0.29) is 0 Å². The Morgan fingerprint density at radius 2 is 1.88 bits per heavy atom. The molecule has 1 saturated heterocycles. The number of benzene rings is 2. The average molecular weight is 361 g/mol. The number of anilines is 1. The Morgan fingerprint density at radius 1 is 1.16 bits per heavy atom. The van der Waals surface area contributed by atoms with Gasteiger partial charge in [-0.15, -0.1) is 0 Å². The molecule has 5 nitrogen and oxygen atoms in total. The quantitative estimate of drug-likeness (QED) is 0.723. The molecule has 25 heavy (non-hydrogen) atoms. The Kier molecular flexibility index (Phi) is 5.79. The summed E-state index contributed by atoms with van der Waals surface area (Å²) in [6.45, 7) is 5.46. The van der Waals surface area contributed by atoms with Gasteiger partial charge in [0.1, 0.15) is 5.75 Å². The highest BCUT2D eigenvalue weighted by molar-refractivity contribution is 7.54. The van der Waals surface area contributed by atoms with Gasteiger partial charge in [0.25, 0.3) is 0 Å². The lowest BCUT2D eigenvalue weighted by Crippen LogP contribution is -2.19. The lowest BCUT2D eigenvalue weighted by molar-refractivity contribution is 0.141. The Labute approximate surface area is 148 Å². The molecular weight excluding hydrogens is 337 g/mol. The molecule has 0 unspecified atom stereocenters. The van der Waals surface area contributed by atoms with Crippen LogP contribution in [0.25, 0.3) is 0 Å². The third-order valence-electron chi connectivity index (χ3n) is 3.98. The fraction of sp³-hybridized carbons (Fsp3) is 0.368. The second kappa shape index (κ2) is 8.05. The fourth-order valence-corrected chi connectivity index (χ4v) is 4.76. The molecule has 0 amide bonds. The van der Waals surface area contributed by atoms with Gasteiger partial charge in [-0.2, -0.15) is 0 Å². The summed E-state index contributed by atoms with van der Waals surface area (Å²) in [6.07, 6.45) is 0.754. The Hall–Kier alpha value is -1.81. The number of aryl methyl sites for hydroxylation is 1. The second-order valence-corrected chi connectivity index (χ2v) is 8.09. The van der Waals surface area contributed by atoms with E-state index in [1.165, 1.54) is 0 Å². The molecule has 0 bridgehead atoms. The Balaban J connectivity index is 1.92. The molecule has 1 aliphatic heterocycles. The van der Waals surface area contributed by atoms with Gasteiger partial charge in [0.2, 0.25) is 0 Å². The van der Waals surface area contributed by atoms with Crippen molar-refractivity contribution in [1.82, 2.24) is 0 Å². The van der Waals surface area contributed by atoms with E-state index in [0.29, 0.717) is 19.8 Å². The van der Waals surface area contributed by atoms with Crippen LogP contribution in [0.3, 0.4) is 0 Å². The van der Waals surface area contributed by atoms with Crippen LogP contribution >= 0.6 is 7.60 Å². The van der Waals surface area contributed by atoms with Crippen LogP contribution in [0.15, 0.2) is 48.5 Å². The van der Waals surface area contributed by atoms with Crippen LogP contribution in [0.4, 0.5) is 5.69 Å². The zero-order valence-corrected chi connectivity index (χ0v) is 15.5. The fourth-order valence-electron chi connectivity index (χ4n) is 2.78. The SMILES string of the molecule is CCOc1ccc([C@H](Nc2cccc(C)c2)P2(=O)OCCCO2)cc1. The zero-order chi connectivity index (χ0) is 17.7. The summed E-state index contributed by atoms with van der Waals surface area (Å²) in [7, 11) is -3.31. The summed E-state index contributed by atoms with van der Waals surface area (Å²) in [6, 6.07) is 15.5. The molecule has 0 aliphatic carbocycles. The third-order valence-corrected chi connectivity index (χ3v) is 6.12. The van der Waals surface area contributed by atoms with Crippen molar-refractivity contribution in [1.29, 1.82) is 0 Å². The van der Waals surface area contributed by atoms with Crippen molar-refractivity contribution in [3.8, 4) is 5.75 Å². The standard InChI is InChI=1S/C19H24NO4P/c1-3-22-18-10-8-16(9-11-18)19(25(21)23-12-5-13-24-25)20-17-7-4-6-15(2)14-17/h4,6-11,14,19-20H,3,5,12-13H2,1-2H3/t19-/m1/s1. The van der Waals surface area contributed by atoms with E-state index in [1.54, 1.807) is 0 Å². The van der Waals surface area contributed by atoms with Gasteiger partial charge < -0.3 is 19.1 Å². The van der Waals surface area contributed by atoms with Crippen molar-refractivity contribution in [3.05, 3.63) is 59.7 Å². The number of rotatable bonds is 6. The van der Waals surface area contributed by atoms with Crippen molar-refractivity contribution >= 4 is 13.3 Å². The summed E-state index contributed by atoms with van der Waals surface area (Å²) < 4.78 is 30.0. The monoisotopic (exact) mass is 361 g/mol. The minimum Gasteiger partial charge on any atom is -0.494 e. The Bertz CT molecular complexity index is 737. The molecule has 0 saturated carbocycles.